The van der Waals surface area contributed by atoms with Gasteiger partial charge in [0.25, 0.3) is 0 Å². The maximum absolute atomic E-state index is 2.17. The maximum atomic E-state index is 2.17. The summed E-state index contributed by atoms with van der Waals surface area (Å²) in [4.78, 5) is 0. The molecule has 0 saturated heterocycles. The largest absolute Gasteiger partial charge is 0.0683 e. The Balaban J connectivity index is 0. The molecule has 0 aliphatic heterocycles. The Labute approximate surface area is 67.0 Å². The van der Waals surface area contributed by atoms with Gasteiger partial charge in [0.2, 0.25) is 0 Å². The summed E-state index contributed by atoms with van der Waals surface area (Å²) in [5.74, 6) is 0.833. The fraction of sp³-hybridized carbons (Fsp3) is 1.00. The Morgan fingerprint density at radius 1 is 0.700 bits per heavy atom. The van der Waals surface area contributed by atoms with Crippen molar-refractivity contribution in [3.8, 4) is 0 Å². The minimum atomic E-state index is 0.833. The summed E-state index contributed by atoms with van der Waals surface area (Å²) in [5.41, 5.74) is 0. The van der Waals surface area contributed by atoms with Crippen molar-refractivity contribution in [3.63, 3.8) is 0 Å². The fourth-order valence-corrected chi connectivity index (χ4v) is 0.250. The van der Waals surface area contributed by atoms with Gasteiger partial charge in [-0.25, -0.2) is 0 Å². The van der Waals surface area contributed by atoms with Gasteiger partial charge in [-0.2, -0.15) is 0 Å². The van der Waals surface area contributed by atoms with E-state index < -0.39 is 0 Å². The van der Waals surface area contributed by atoms with E-state index in [1.807, 2.05) is 13.8 Å². The van der Waals surface area contributed by atoms with E-state index in [-0.39, 0.29) is 0 Å². The Hall–Kier alpha value is 0. The number of hydrogen-bond acceptors (Lipinski definition) is 0. The lowest BCUT2D eigenvalue weighted by atomic mass is 10.0. The molecule has 10 heavy (non-hydrogen) atoms. The lowest BCUT2D eigenvalue weighted by Gasteiger charge is -2.05. The third-order valence-corrected chi connectivity index (χ3v) is 1.000. The van der Waals surface area contributed by atoms with Crippen molar-refractivity contribution in [1.82, 2.24) is 0 Å². The summed E-state index contributed by atoms with van der Waals surface area (Å²) in [5, 5.41) is 0. The summed E-state index contributed by atoms with van der Waals surface area (Å²) in [6, 6.07) is 0. The van der Waals surface area contributed by atoms with Crippen molar-refractivity contribution in [1.29, 1.82) is 0 Å². The molecule has 0 amide bonds. The smallest absolute Gasteiger partial charge is 0.0500 e. The molecule has 0 heterocycles. The SMILES string of the molecule is C1CCC1.CC.CC(C)C. The molecule has 1 saturated carbocycles. The van der Waals surface area contributed by atoms with Gasteiger partial charge in [-0.15, -0.1) is 0 Å². The van der Waals surface area contributed by atoms with E-state index >= 15 is 0 Å². The number of hydrogen-bond donors (Lipinski definition) is 0. The second-order valence-electron chi connectivity index (χ2n) is 3.15. The monoisotopic (exact) mass is 144 g/mol. The molecule has 0 aromatic carbocycles. The second kappa shape index (κ2) is 11.8. The summed E-state index contributed by atoms with van der Waals surface area (Å²) < 4.78 is 0. The molecule has 1 rings (SSSR count). The molecule has 64 valence electrons. The van der Waals surface area contributed by atoms with E-state index in [4.69, 9.17) is 0 Å². The van der Waals surface area contributed by atoms with Crippen molar-refractivity contribution >= 4 is 0 Å². The highest BCUT2D eigenvalue weighted by Crippen LogP contribution is 2.15. The van der Waals surface area contributed by atoms with Crippen molar-refractivity contribution in [2.24, 2.45) is 5.92 Å². The van der Waals surface area contributed by atoms with Gasteiger partial charge in [0.15, 0.2) is 0 Å². The Morgan fingerprint density at radius 2 is 0.800 bits per heavy atom. The molecule has 1 fully saturated rings. The normalized spacial score (nSPS) is 13.8. The van der Waals surface area contributed by atoms with Crippen LogP contribution in [0.25, 0.3) is 0 Å². The molecule has 0 radical (unpaired) electrons. The molecule has 0 bridgehead atoms. The van der Waals surface area contributed by atoms with Crippen LogP contribution in [0, 0.1) is 5.92 Å². The van der Waals surface area contributed by atoms with E-state index in [0.29, 0.717) is 0 Å². The van der Waals surface area contributed by atoms with E-state index in [0.717, 1.165) is 5.92 Å². The second-order valence-corrected chi connectivity index (χ2v) is 3.15. The van der Waals surface area contributed by atoms with Crippen LogP contribution >= 0.6 is 0 Å². The molecule has 0 nitrogen and oxygen atoms in total. The van der Waals surface area contributed by atoms with Gasteiger partial charge < -0.3 is 0 Å². The maximum Gasteiger partial charge on any atom is -0.0500 e. The minimum absolute atomic E-state index is 0.833. The molecule has 0 N–H and O–H groups in total. The molecule has 1 aliphatic carbocycles. The van der Waals surface area contributed by atoms with Crippen molar-refractivity contribution in [2.75, 3.05) is 0 Å². The van der Waals surface area contributed by atoms with E-state index in [2.05, 4.69) is 20.8 Å². The van der Waals surface area contributed by atoms with E-state index in [1.165, 1.54) is 25.7 Å². The van der Waals surface area contributed by atoms with Gasteiger partial charge in [-0.1, -0.05) is 60.3 Å². The third kappa shape index (κ3) is 24.5. The van der Waals surface area contributed by atoms with Crippen LogP contribution in [0.1, 0.15) is 60.3 Å². The van der Waals surface area contributed by atoms with Crippen LogP contribution in [0.5, 0.6) is 0 Å². The molecule has 0 aromatic heterocycles. The molecule has 0 heteroatoms. The summed E-state index contributed by atoms with van der Waals surface area (Å²) >= 11 is 0. The first-order chi connectivity index (χ1) is 4.73. The summed E-state index contributed by atoms with van der Waals surface area (Å²) in [7, 11) is 0. The zero-order valence-electron chi connectivity index (χ0n) is 8.41. The average Bonchev–Trinajstić information content (AvgIpc) is 1.63. The zero-order valence-corrected chi connectivity index (χ0v) is 8.41. The average molecular weight is 144 g/mol. The highest BCUT2D eigenvalue weighted by Gasteiger charge is 1.95. The molecular formula is C10H24. The molecule has 0 aromatic rings. The van der Waals surface area contributed by atoms with Crippen LogP contribution in [-0.4, -0.2) is 0 Å². The standard InChI is InChI=1S/C4H8.C4H10.C2H6/c1-2-4-3-1;1-4(2)3;1-2/h1-4H2;4H,1-3H3;1-2H3. The Morgan fingerprint density at radius 3 is 0.800 bits per heavy atom. The van der Waals surface area contributed by atoms with E-state index in [1.54, 1.807) is 0 Å². The fourth-order valence-electron chi connectivity index (χ4n) is 0.250. The van der Waals surface area contributed by atoms with Gasteiger partial charge in [0.1, 0.15) is 0 Å². The van der Waals surface area contributed by atoms with Crippen molar-refractivity contribution in [3.05, 3.63) is 0 Å². The van der Waals surface area contributed by atoms with Crippen molar-refractivity contribution in [2.45, 2.75) is 60.3 Å². The molecule has 1 aliphatic rings. The predicted octanol–water partition coefficient (Wildman–Crippen LogP) is 4.25. The highest BCUT2D eigenvalue weighted by atomic mass is 14.0. The van der Waals surface area contributed by atoms with Gasteiger partial charge in [0, 0.05) is 0 Å². The Kier molecular flexibility index (Phi) is 14.9. The molecule has 0 spiro atoms. The minimum Gasteiger partial charge on any atom is -0.0683 e. The molecule has 0 unspecified atom stereocenters. The van der Waals surface area contributed by atoms with Crippen LogP contribution in [0.3, 0.4) is 0 Å². The summed E-state index contributed by atoms with van der Waals surface area (Å²) in [6.45, 7) is 10.5. The van der Waals surface area contributed by atoms with Crippen LogP contribution in [-0.2, 0) is 0 Å². The topological polar surface area (TPSA) is 0 Å². The van der Waals surface area contributed by atoms with Crippen molar-refractivity contribution < 1.29 is 0 Å². The van der Waals surface area contributed by atoms with Crippen LogP contribution in [0.2, 0.25) is 0 Å². The summed E-state index contributed by atoms with van der Waals surface area (Å²) in [6.07, 6.45) is 6.00. The Bertz CT molecular complexity index is 26.5. The van der Waals surface area contributed by atoms with Gasteiger partial charge in [-0.05, 0) is 5.92 Å². The van der Waals surface area contributed by atoms with Crippen LogP contribution in [0.15, 0.2) is 0 Å². The van der Waals surface area contributed by atoms with Gasteiger partial charge in [-0.3, -0.25) is 0 Å². The third-order valence-electron chi connectivity index (χ3n) is 1.000. The highest BCUT2D eigenvalue weighted by molar-refractivity contribution is 4.50. The number of rotatable bonds is 0. The zero-order chi connectivity index (χ0) is 8.41. The van der Waals surface area contributed by atoms with Gasteiger partial charge in [0.05, 0.1) is 0 Å². The first kappa shape index (κ1) is 12.7. The lowest BCUT2D eigenvalue weighted by Crippen LogP contribution is -1.85. The predicted molar refractivity (Wildman–Crippen MR) is 50.3 cm³/mol. The molecular weight excluding hydrogens is 120 g/mol. The van der Waals surface area contributed by atoms with Gasteiger partial charge >= 0.3 is 0 Å². The quantitative estimate of drug-likeness (QED) is 0.477. The lowest BCUT2D eigenvalue weighted by molar-refractivity contribution is 0.504. The first-order valence-electron chi connectivity index (χ1n) is 4.73. The molecule has 0 atom stereocenters. The van der Waals surface area contributed by atoms with Crippen LogP contribution in [0.4, 0.5) is 0 Å². The van der Waals surface area contributed by atoms with E-state index in [9.17, 15) is 0 Å². The van der Waals surface area contributed by atoms with Crippen LogP contribution < -0.4 is 0 Å². The first-order valence-corrected chi connectivity index (χ1v) is 4.73.